The molecule has 0 heterocycles. The van der Waals surface area contributed by atoms with E-state index in [2.05, 4.69) is 57.3 Å². The van der Waals surface area contributed by atoms with E-state index in [1.165, 1.54) is 24.8 Å². The van der Waals surface area contributed by atoms with Crippen molar-refractivity contribution >= 4 is 0 Å². The van der Waals surface area contributed by atoms with Gasteiger partial charge in [-0.3, -0.25) is 0 Å². The molecule has 2 heteroatoms. The van der Waals surface area contributed by atoms with E-state index in [4.69, 9.17) is 4.74 Å². The van der Waals surface area contributed by atoms with E-state index >= 15 is 0 Å². The lowest BCUT2D eigenvalue weighted by Crippen LogP contribution is -2.49. The van der Waals surface area contributed by atoms with Crippen molar-refractivity contribution in [2.24, 2.45) is 5.41 Å². The summed E-state index contributed by atoms with van der Waals surface area (Å²) >= 11 is 0. The van der Waals surface area contributed by atoms with Crippen LogP contribution < -0.4 is 10.1 Å². The molecule has 0 spiro atoms. The zero-order chi connectivity index (χ0) is 14.6. The van der Waals surface area contributed by atoms with Gasteiger partial charge in [-0.2, -0.15) is 0 Å². The molecular formula is C18H29NO. The van der Waals surface area contributed by atoms with Crippen LogP contribution in [0.3, 0.4) is 0 Å². The van der Waals surface area contributed by atoms with Gasteiger partial charge in [-0.05, 0) is 56.2 Å². The van der Waals surface area contributed by atoms with E-state index in [9.17, 15) is 0 Å². The lowest BCUT2D eigenvalue weighted by molar-refractivity contribution is 0.0526. The van der Waals surface area contributed by atoms with Crippen molar-refractivity contribution in [3.05, 3.63) is 29.8 Å². The third kappa shape index (κ3) is 3.99. The maximum atomic E-state index is 6.37. The van der Waals surface area contributed by atoms with Crippen LogP contribution >= 0.6 is 0 Å². The lowest BCUT2D eigenvalue weighted by Gasteiger charge is -2.41. The summed E-state index contributed by atoms with van der Waals surface area (Å²) in [7, 11) is 0. The second-order valence-corrected chi connectivity index (χ2v) is 6.89. The number of benzene rings is 1. The molecule has 0 saturated heterocycles. The average Bonchev–Trinajstić information content (AvgIpc) is 2.40. The SMILES string of the molecule is CCCNC1CCC(C)(C)CC1Oc1ccccc1C. The molecule has 2 atom stereocenters. The van der Waals surface area contributed by atoms with Gasteiger partial charge in [0.25, 0.3) is 0 Å². The van der Waals surface area contributed by atoms with Gasteiger partial charge in [0, 0.05) is 6.04 Å². The molecule has 0 radical (unpaired) electrons. The number of ether oxygens (including phenoxy) is 1. The monoisotopic (exact) mass is 275 g/mol. The van der Waals surface area contributed by atoms with Crippen molar-refractivity contribution in [2.75, 3.05) is 6.54 Å². The number of rotatable bonds is 5. The van der Waals surface area contributed by atoms with Gasteiger partial charge in [-0.15, -0.1) is 0 Å². The third-order valence-electron chi connectivity index (χ3n) is 4.36. The van der Waals surface area contributed by atoms with Crippen LogP contribution in [0, 0.1) is 12.3 Å². The molecule has 0 aliphatic heterocycles. The van der Waals surface area contributed by atoms with Gasteiger partial charge in [0.1, 0.15) is 11.9 Å². The number of aryl methyl sites for hydroxylation is 1. The molecule has 112 valence electrons. The molecule has 2 rings (SSSR count). The van der Waals surface area contributed by atoms with E-state index in [0.717, 1.165) is 18.7 Å². The molecule has 1 aliphatic rings. The van der Waals surface area contributed by atoms with Crippen molar-refractivity contribution in [2.45, 2.75) is 65.5 Å². The average molecular weight is 275 g/mol. The fourth-order valence-corrected chi connectivity index (χ4v) is 3.06. The van der Waals surface area contributed by atoms with Crippen molar-refractivity contribution in [3.63, 3.8) is 0 Å². The molecule has 1 aliphatic carbocycles. The molecule has 1 saturated carbocycles. The zero-order valence-electron chi connectivity index (χ0n) is 13.4. The molecule has 0 bridgehead atoms. The predicted octanol–water partition coefficient (Wildman–Crippen LogP) is 4.32. The van der Waals surface area contributed by atoms with Crippen LogP contribution in [0.25, 0.3) is 0 Å². The van der Waals surface area contributed by atoms with Crippen LogP contribution in [-0.2, 0) is 0 Å². The van der Waals surface area contributed by atoms with E-state index in [0.29, 0.717) is 11.5 Å². The van der Waals surface area contributed by atoms with Gasteiger partial charge < -0.3 is 10.1 Å². The van der Waals surface area contributed by atoms with Crippen molar-refractivity contribution in [1.82, 2.24) is 5.32 Å². The Bertz CT molecular complexity index is 427. The Morgan fingerprint density at radius 3 is 2.75 bits per heavy atom. The largest absolute Gasteiger partial charge is 0.489 e. The summed E-state index contributed by atoms with van der Waals surface area (Å²) in [5.74, 6) is 1.04. The van der Waals surface area contributed by atoms with Crippen LogP contribution in [0.1, 0.15) is 52.0 Å². The van der Waals surface area contributed by atoms with Crippen LogP contribution in [0.15, 0.2) is 24.3 Å². The highest BCUT2D eigenvalue weighted by atomic mass is 16.5. The number of nitrogens with one attached hydrogen (secondary N) is 1. The van der Waals surface area contributed by atoms with E-state index in [1.54, 1.807) is 0 Å². The molecule has 20 heavy (non-hydrogen) atoms. The first-order chi connectivity index (χ1) is 9.52. The van der Waals surface area contributed by atoms with Gasteiger partial charge in [-0.1, -0.05) is 39.0 Å². The first-order valence-corrected chi connectivity index (χ1v) is 7.97. The lowest BCUT2D eigenvalue weighted by atomic mass is 9.74. The fourth-order valence-electron chi connectivity index (χ4n) is 3.06. The molecule has 1 N–H and O–H groups in total. The summed E-state index contributed by atoms with van der Waals surface area (Å²) in [6, 6.07) is 8.83. The second kappa shape index (κ2) is 6.62. The number of hydrogen-bond acceptors (Lipinski definition) is 2. The van der Waals surface area contributed by atoms with Crippen LogP contribution in [0.4, 0.5) is 0 Å². The highest BCUT2D eigenvalue weighted by Gasteiger charge is 2.36. The minimum atomic E-state index is 0.284. The second-order valence-electron chi connectivity index (χ2n) is 6.89. The first kappa shape index (κ1) is 15.4. The Morgan fingerprint density at radius 2 is 2.05 bits per heavy atom. The molecule has 1 aromatic carbocycles. The molecule has 1 aromatic rings. The number of hydrogen-bond donors (Lipinski definition) is 1. The van der Waals surface area contributed by atoms with Crippen molar-refractivity contribution in [3.8, 4) is 5.75 Å². The van der Waals surface area contributed by atoms with Crippen LogP contribution in [-0.4, -0.2) is 18.7 Å². The van der Waals surface area contributed by atoms with E-state index in [1.807, 2.05) is 0 Å². The Hall–Kier alpha value is -1.02. The van der Waals surface area contributed by atoms with Gasteiger partial charge in [-0.25, -0.2) is 0 Å². The number of para-hydroxylation sites is 1. The summed E-state index contributed by atoms with van der Waals surface area (Å²) in [6.07, 6.45) is 5.08. The Labute approximate surface area is 123 Å². The topological polar surface area (TPSA) is 21.3 Å². The normalized spacial score (nSPS) is 25.4. The first-order valence-electron chi connectivity index (χ1n) is 7.97. The summed E-state index contributed by atoms with van der Waals surface area (Å²) in [4.78, 5) is 0. The van der Waals surface area contributed by atoms with Crippen LogP contribution in [0.5, 0.6) is 5.75 Å². The molecule has 2 nitrogen and oxygen atoms in total. The van der Waals surface area contributed by atoms with E-state index < -0.39 is 0 Å². The molecule has 0 aromatic heterocycles. The van der Waals surface area contributed by atoms with Crippen molar-refractivity contribution < 1.29 is 4.74 Å². The standard InChI is InChI=1S/C18H29NO/c1-5-12-19-15-10-11-18(3,4)13-17(15)20-16-9-7-6-8-14(16)2/h6-9,15,17,19H,5,10-13H2,1-4H3. The Kier molecular flexibility index (Phi) is 5.09. The molecular weight excluding hydrogens is 246 g/mol. The maximum absolute atomic E-state index is 6.37. The van der Waals surface area contributed by atoms with Gasteiger partial charge in [0.05, 0.1) is 0 Å². The minimum absolute atomic E-state index is 0.284. The Balaban J connectivity index is 2.08. The Morgan fingerprint density at radius 1 is 1.30 bits per heavy atom. The predicted molar refractivity (Wildman–Crippen MR) is 85.3 cm³/mol. The van der Waals surface area contributed by atoms with Gasteiger partial charge in [0.15, 0.2) is 0 Å². The molecule has 1 fully saturated rings. The minimum Gasteiger partial charge on any atom is -0.489 e. The van der Waals surface area contributed by atoms with Crippen molar-refractivity contribution in [1.29, 1.82) is 0 Å². The van der Waals surface area contributed by atoms with Gasteiger partial charge >= 0.3 is 0 Å². The van der Waals surface area contributed by atoms with Gasteiger partial charge in [0.2, 0.25) is 0 Å². The van der Waals surface area contributed by atoms with E-state index in [-0.39, 0.29) is 6.10 Å². The molecule has 2 unspecified atom stereocenters. The maximum Gasteiger partial charge on any atom is 0.122 e. The third-order valence-corrected chi connectivity index (χ3v) is 4.36. The quantitative estimate of drug-likeness (QED) is 0.864. The summed E-state index contributed by atoms with van der Waals surface area (Å²) in [5, 5.41) is 3.67. The summed E-state index contributed by atoms with van der Waals surface area (Å²) < 4.78 is 6.37. The zero-order valence-corrected chi connectivity index (χ0v) is 13.4. The van der Waals surface area contributed by atoms with Crippen LogP contribution in [0.2, 0.25) is 0 Å². The fraction of sp³-hybridized carbons (Fsp3) is 0.667. The summed E-state index contributed by atoms with van der Waals surface area (Å²) in [5.41, 5.74) is 1.61. The highest BCUT2D eigenvalue weighted by Crippen LogP contribution is 2.37. The highest BCUT2D eigenvalue weighted by molar-refractivity contribution is 5.32. The summed E-state index contributed by atoms with van der Waals surface area (Å²) in [6.45, 7) is 10.1. The smallest absolute Gasteiger partial charge is 0.122 e. The molecule has 0 amide bonds.